The number of carbonyl (C=O) groups excluding carboxylic acids is 2. The van der Waals surface area contributed by atoms with Gasteiger partial charge in [-0.15, -0.1) is 10.2 Å². The van der Waals surface area contributed by atoms with Gasteiger partial charge in [0.15, 0.2) is 11.0 Å². The van der Waals surface area contributed by atoms with E-state index < -0.39 is 11.9 Å². The minimum absolute atomic E-state index is 0.0359. The molecule has 2 heterocycles. The van der Waals surface area contributed by atoms with Gasteiger partial charge in [-0.3, -0.25) is 19.6 Å². The van der Waals surface area contributed by atoms with Crippen molar-refractivity contribution in [2.45, 2.75) is 37.5 Å². The summed E-state index contributed by atoms with van der Waals surface area (Å²) in [6.45, 7) is 3.11. The van der Waals surface area contributed by atoms with Crippen molar-refractivity contribution in [1.82, 2.24) is 30.3 Å². The average molecular weight is 499 g/mol. The van der Waals surface area contributed by atoms with E-state index in [0.717, 1.165) is 30.2 Å². The summed E-state index contributed by atoms with van der Waals surface area (Å²) < 4.78 is 1.96. The zero-order valence-electron chi connectivity index (χ0n) is 18.7. The minimum Gasteiger partial charge on any atom is -0.334 e. The molecule has 0 radical (unpaired) electrons. The van der Waals surface area contributed by atoms with Gasteiger partial charge in [0.05, 0.1) is 12.3 Å². The average Bonchev–Trinajstić information content (AvgIpc) is 3.25. The van der Waals surface area contributed by atoms with E-state index in [1.165, 1.54) is 31.0 Å². The Morgan fingerprint density at radius 2 is 1.71 bits per heavy atom. The van der Waals surface area contributed by atoms with Crippen LogP contribution < -0.4 is 10.6 Å². The lowest BCUT2D eigenvalue weighted by molar-refractivity contribution is -0.117. The Morgan fingerprint density at radius 1 is 0.971 bits per heavy atom. The molecule has 34 heavy (non-hydrogen) atoms. The summed E-state index contributed by atoms with van der Waals surface area (Å²) in [5.41, 5.74) is 1.83. The summed E-state index contributed by atoms with van der Waals surface area (Å²) >= 11 is 7.32. The second-order valence-corrected chi connectivity index (χ2v) is 9.43. The van der Waals surface area contributed by atoms with Crippen molar-refractivity contribution in [1.29, 1.82) is 0 Å². The lowest BCUT2D eigenvalue weighted by Gasteiger charge is -2.26. The molecule has 2 aromatic carbocycles. The van der Waals surface area contributed by atoms with Gasteiger partial charge in [-0.1, -0.05) is 60.1 Å². The fourth-order valence-electron chi connectivity index (χ4n) is 3.78. The van der Waals surface area contributed by atoms with E-state index in [-0.39, 0.29) is 5.75 Å². The van der Waals surface area contributed by atoms with Crippen LogP contribution in [-0.4, -0.2) is 50.4 Å². The predicted octanol–water partition coefficient (Wildman–Crippen LogP) is 4.02. The maximum absolute atomic E-state index is 12.4. The van der Waals surface area contributed by atoms with E-state index in [1.54, 1.807) is 0 Å². The highest BCUT2D eigenvalue weighted by atomic mass is 35.5. The van der Waals surface area contributed by atoms with Crippen molar-refractivity contribution in [3.05, 3.63) is 71.0 Å². The quantitative estimate of drug-likeness (QED) is 0.456. The fraction of sp³-hybridized carbons (Fsp3) is 0.333. The molecule has 4 rings (SSSR count). The Balaban J connectivity index is 1.38. The summed E-state index contributed by atoms with van der Waals surface area (Å²) in [6, 6.07) is 16.4. The lowest BCUT2D eigenvalue weighted by Crippen LogP contribution is -2.40. The first-order valence-electron chi connectivity index (χ1n) is 11.3. The van der Waals surface area contributed by atoms with Crippen molar-refractivity contribution in [3.63, 3.8) is 0 Å². The third-order valence-electron chi connectivity index (χ3n) is 5.48. The fourth-order valence-corrected chi connectivity index (χ4v) is 4.68. The molecule has 0 saturated carbocycles. The van der Waals surface area contributed by atoms with Crippen molar-refractivity contribution in [3.8, 4) is 5.69 Å². The van der Waals surface area contributed by atoms with Gasteiger partial charge in [-0.05, 0) is 55.8 Å². The number of hydrogen-bond acceptors (Lipinski definition) is 6. The van der Waals surface area contributed by atoms with Crippen LogP contribution in [0.25, 0.3) is 5.69 Å². The maximum atomic E-state index is 12.4. The number of benzene rings is 2. The molecule has 0 atom stereocenters. The van der Waals surface area contributed by atoms with Crippen LogP contribution in [0.5, 0.6) is 0 Å². The van der Waals surface area contributed by atoms with Crippen LogP contribution in [-0.2, 0) is 17.9 Å². The number of rotatable bonds is 8. The second-order valence-electron chi connectivity index (χ2n) is 8.05. The van der Waals surface area contributed by atoms with Gasteiger partial charge >= 0.3 is 6.03 Å². The van der Waals surface area contributed by atoms with Crippen LogP contribution in [0.3, 0.4) is 0 Å². The minimum atomic E-state index is -0.528. The Kier molecular flexibility index (Phi) is 8.56. The number of carbonyl (C=O) groups is 2. The summed E-state index contributed by atoms with van der Waals surface area (Å²) in [4.78, 5) is 26.8. The SMILES string of the molecule is O=C(CSc1nnc(CN2CCCCC2)n1-c1ccc(Cl)cc1)NC(=O)NCc1ccccc1. The molecule has 0 aliphatic carbocycles. The molecule has 0 unspecified atom stereocenters. The van der Waals surface area contributed by atoms with Gasteiger partial charge in [0.2, 0.25) is 5.91 Å². The molecular weight excluding hydrogens is 472 g/mol. The topological polar surface area (TPSA) is 92.2 Å². The number of nitrogens with one attached hydrogen (secondary N) is 2. The molecule has 10 heteroatoms. The van der Waals surface area contributed by atoms with E-state index in [0.29, 0.717) is 23.3 Å². The monoisotopic (exact) mass is 498 g/mol. The molecule has 8 nitrogen and oxygen atoms in total. The third kappa shape index (κ3) is 6.82. The molecular formula is C24H27ClN6O2S. The third-order valence-corrected chi connectivity index (χ3v) is 6.66. The Hall–Kier alpha value is -2.88. The second kappa shape index (κ2) is 12.0. The number of amides is 3. The number of urea groups is 1. The first-order valence-corrected chi connectivity index (χ1v) is 12.6. The van der Waals surface area contributed by atoms with Crippen molar-refractivity contribution in [2.75, 3.05) is 18.8 Å². The molecule has 1 aliphatic rings. The standard InChI is InChI=1S/C24H27ClN6O2S/c25-19-9-11-20(12-10-19)31-21(16-30-13-5-2-6-14-30)28-29-24(31)34-17-22(32)27-23(33)26-15-18-7-3-1-4-8-18/h1,3-4,7-12H,2,5-6,13-17H2,(H2,26,27,32,33). The largest absolute Gasteiger partial charge is 0.334 e. The highest BCUT2D eigenvalue weighted by Crippen LogP contribution is 2.24. The molecule has 3 aromatic rings. The zero-order chi connectivity index (χ0) is 23.8. The predicted molar refractivity (Wildman–Crippen MR) is 133 cm³/mol. The number of hydrogen-bond donors (Lipinski definition) is 2. The molecule has 1 saturated heterocycles. The van der Waals surface area contributed by atoms with Gasteiger partial charge in [0, 0.05) is 17.3 Å². The van der Waals surface area contributed by atoms with Crippen LogP contribution in [0.2, 0.25) is 5.02 Å². The summed E-state index contributed by atoms with van der Waals surface area (Å²) in [5, 5.41) is 15.1. The van der Waals surface area contributed by atoms with Gasteiger partial charge in [0.1, 0.15) is 0 Å². The number of thioether (sulfide) groups is 1. The molecule has 0 bridgehead atoms. The Bertz CT molecular complexity index is 1100. The van der Waals surface area contributed by atoms with Crippen molar-refractivity contribution in [2.24, 2.45) is 0 Å². The Morgan fingerprint density at radius 3 is 2.44 bits per heavy atom. The van der Waals surface area contributed by atoms with Gasteiger partial charge in [-0.2, -0.15) is 0 Å². The van der Waals surface area contributed by atoms with E-state index in [2.05, 4.69) is 25.7 Å². The molecule has 1 aromatic heterocycles. The number of nitrogens with zero attached hydrogens (tertiary/aromatic N) is 4. The van der Waals surface area contributed by atoms with Gasteiger partial charge in [-0.25, -0.2) is 4.79 Å². The molecule has 178 valence electrons. The summed E-state index contributed by atoms with van der Waals surface area (Å²) in [6.07, 6.45) is 3.63. The van der Waals surface area contributed by atoms with Crippen LogP contribution in [0, 0.1) is 0 Å². The van der Waals surface area contributed by atoms with E-state index in [9.17, 15) is 9.59 Å². The number of likely N-dealkylation sites (tertiary alicyclic amines) is 1. The normalized spacial score (nSPS) is 14.0. The smallest absolute Gasteiger partial charge is 0.321 e. The summed E-state index contributed by atoms with van der Waals surface area (Å²) in [5.74, 6) is 0.445. The summed E-state index contributed by atoms with van der Waals surface area (Å²) in [7, 11) is 0. The van der Waals surface area contributed by atoms with Crippen LogP contribution in [0.15, 0.2) is 59.8 Å². The van der Waals surface area contributed by atoms with Gasteiger partial charge in [0.25, 0.3) is 0 Å². The first-order chi connectivity index (χ1) is 16.6. The van der Waals surface area contributed by atoms with Crippen molar-refractivity contribution >= 4 is 35.3 Å². The molecule has 3 amide bonds. The molecule has 2 N–H and O–H groups in total. The number of aromatic nitrogens is 3. The highest BCUT2D eigenvalue weighted by molar-refractivity contribution is 7.99. The van der Waals surface area contributed by atoms with Crippen LogP contribution in [0.4, 0.5) is 4.79 Å². The number of halogens is 1. The van der Waals surface area contributed by atoms with Crippen LogP contribution in [0.1, 0.15) is 30.7 Å². The zero-order valence-corrected chi connectivity index (χ0v) is 20.3. The van der Waals surface area contributed by atoms with E-state index >= 15 is 0 Å². The molecule has 1 fully saturated rings. The number of imide groups is 1. The molecule has 1 aliphatic heterocycles. The van der Waals surface area contributed by atoms with E-state index in [4.69, 9.17) is 11.6 Å². The van der Waals surface area contributed by atoms with E-state index in [1.807, 2.05) is 59.2 Å². The van der Waals surface area contributed by atoms with Gasteiger partial charge < -0.3 is 5.32 Å². The maximum Gasteiger partial charge on any atom is 0.321 e. The lowest BCUT2D eigenvalue weighted by atomic mass is 10.1. The number of piperidine rings is 1. The molecule has 0 spiro atoms. The Labute approximate surface area is 208 Å². The van der Waals surface area contributed by atoms with Crippen molar-refractivity contribution < 1.29 is 9.59 Å². The van der Waals surface area contributed by atoms with Crippen LogP contribution >= 0.6 is 23.4 Å². The first kappa shape index (κ1) is 24.3. The highest BCUT2D eigenvalue weighted by Gasteiger charge is 2.20.